The molecule has 2 N–H and O–H groups in total. The molecule has 2 heterocycles. The van der Waals surface area contributed by atoms with Crippen molar-refractivity contribution in [2.24, 2.45) is 0 Å². The van der Waals surface area contributed by atoms with Crippen LogP contribution in [0.2, 0.25) is 0 Å². The number of carbonyl (C=O) groups is 3. The summed E-state index contributed by atoms with van der Waals surface area (Å²) < 4.78 is 16.1. The van der Waals surface area contributed by atoms with Crippen molar-refractivity contribution in [3.8, 4) is 0 Å². The van der Waals surface area contributed by atoms with Gasteiger partial charge in [0.05, 0.1) is 30.3 Å². The van der Waals surface area contributed by atoms with Gasteiger partial charge in [-0.1, -0.05) is 12.1 Å². The zero-order valence-electron chi connectivity index (χ0n) is 18.2. The average Bonchev–Trinajstić information content (AvgIpc) is 3.24. The summed E-state index contributed by atoms with van der Waals surface area (Å²) in [5.74, 6) is -1.99. The van der Waals surface area contributed by atoms with Crippen molar-refractivity contribution in [1.29, 1.82) is 0 Å². The van der Waals surface area contributed by atoms with Crippen LogP contribution in [-0.2, 0) is 28.6 Å². The quantitative estimate of drug-likeness (QED) is 0.672. The number of carbonyl (C=O) groups excluding carboxylic acids is 3. The van der Waals surface area contributed by atoms with Gasteiger partial charge in [0.25, 0.3) is 0 Å². The topological polar surface area (TPSA) is 103 Å². The van der Waals surface area contributed by atoms with E-state index in [0.29, 0.717) is 40.4 Å². The average molecular weight is 428 g/mol. The summed E-state index contributed by atoms with van der Waals surface area (Å²) >= 11 is 0. The van der Waals surface area contributed by atoms with Crippen molar-refractivity contribution >= 4 is 23.5 Å². The first kappa shape index (κ1) is 22.6. The minimum atomic E-state index is -0.709. The number of methoxy groups -OCH3 is 1. The summed E-state index contributed by atoms with van der Waals surface area (Å²) in [5.41, 5.74) is 3.06. The maximum Gasteiger partial charge on any atom is 0.336 e. The summed E-state index contributed by atoms with van der Waals surface area (Å²) in [6.07, 6.45) is 1.68. The Balaban J connectivity index is 2.00. The fraction of sp³-hybridized carbons (Fsp3) is 0.435. The van der Waals surface area contributed by atoms with Crippen LogP contribution in [0.1, 0.15) is 45.1 Å². The van der Waals surface area contributed by atoms with E-state index in [-0.39, 0.29) is 18.6 Å². The number of hydrogen-bond acceptors (Lipinski definition) is 7. The van der Waals surface area contributed by atoms with Crippen LogP contribution in [0.15, 0.2) is 46.8 Å². The van der Waals surface area contributed by atoms with Gasteiger partial charge >= 0.3 is 11.9 Å². The van der Waals surface area contributed by atoms with Crippen LogP contribution in [0, 0.1) is 0 Å². The summed E-state index contributed by atoms with van der Waals surface area (Å²) in [7, 11) is 1.30. The van der Waals surface area contributed by atoms with Crippen LogP contribution in [0.4, 0.5) is 5.69 Å². The third-order valence-electron chi connectivity index (χ3n) is 5.35. The molecule has 1 fully saturated rings. The van der Waals surface area contributed by atoms with Crippen LogP contribution in [0.25, 0.3) is 0 Å². The van der Waals surface area contributed by atoms with Crippen LogP contribution in [0.5, 0.6) is 0 Å². The third kappa shape index (κ3) is 5.14. The lowest BCUT2D eigenvalue weighted by Gasteiger charge is -2.30. The molecular weight excluding hydrogens is 400 g/mol. The highest BCUT2D eigenvalue weighted by Gasteiger charge is 2.38. The van der Waals surface area contributed by atoms with Crippen LogP contribution in [-0.4, -0.2) is 44.3 Å². The SMILES string of the molecule is COC(=O)C1=C(C)NC(C)=C(C(=O)OCC2CCCO2)C1c1cccc(NC(C)=O)c1. The molecule has 1 aromatic carbocycles. The van der Waals surface area contributed by atoms with Crippen molar-refractivity contribution < 1.29 is 28.6 Å². The van der Waals surface area contributed by atoms with E-state index in [9.17, 15) is 14.4 Å². The second kappa shape index (κ2) is 9.78. The van der Waals surface area contributed by atoms with Gasteiger partial charge < -0.3 is 24.8 Å². The first-order chi connectivity index (χ1) is 14.8. The second-order valence-corrected chi connectivity index (χ2v) is 7.67. The van der Waals surface area contributed by atoms with Gasteiger partial charge in [0.1, 0.15) is 6.61 Å². The molecule has 31 heavy (non-hydrogen) atoms. The molecule has 1 saturated heterocycles. The van der Waals surface area contributed by atoms with E-state index in [1.54, 1.807) is 38.1 Å². The van der Waals surface area contributed by atoms with Gasteiger partial charge in [-0.15, -0.1) is 0 Å². The van der Waals surface area contributed by atoms with Crippen LogP contribution < -0.4 is 10.6 Å². The maximum absolute atomic E-state index is 13.2. The van der Waals surface area contributed by atoms with E-state index in [4.69, 9.17) is 14.2 Å². The lowest BCUT2D eigenvalue weighted by molar-refractivity contribution is -0.142. The Kier molecular flexibility index (Phi) is 7.12. The Bertz CT molecular complexity index is 943. The number of allylic oxidation sites excluding steroid dienone is 2. The fourth-order valence-electron chi connectivity index (χ4n) is 4.00. The molecule has 8 nitrogen and oxygen atoms in total. The fourth-order valence-corrected chi connectivity index (χ4v) is 4.00. The van der Waals surface area contributed by atoms with Crippen LogP contribution in [0.3, 0.4) is 0 Å². The number of nitrogens with one attached hydrogen (secondary N) is 2. The molecule has 0 spiro atoms. The van der Waals surface area contributed by atoms with Crippen molar-refractivity contribution in [3.05, 3.63) is 52.4 Å². The van der Waals surface area contributed by atoms with Crippen molar-refractivity contribution in [2.75, 3.05) is 25.6 Å². The molecule has 2 aliphatic heterocycles. The lowest BCUT2D eigenvalue weighted by Crippen LogP contribution is -2.33. The molecule has 2 atom stereocenters. The monoisotopic (exact) mass is 428 g/mol. The smallest absolute Gasteiger partial charge is 0.336 e. The minimum absolute atomic E-state index is 0.111. The molecule has 1 aromatic rings. The summed E-state index contributed by atoms with van der Waals surface area (Å²) in [5, 5.41) is 5.84. The number of rotatable bonds is 6. The van der Waals surface area contributed by atoms with Gasteiger partial charge in [-0.2, -0.15) is 0 Å². The number of esters is 2. The molecule has 0 bridgehead atoms. The molecular formula is C23H28N2O6. The van der Waals surface area contributed by atoms with Gasteiger partial charge in [-0.05, 0) is 44.4 Å². The number of ether oxygens (including phenoxy) is 3. The van der Waals surface area contributed by atoms with Crippen LogP contribution >= 0.6 is 0 Å². The lowest BCUT2D eigenvalue weighted by atomic mass is 9.80. The van der Waals surface area contributed by atoms with Crippen molar-refractivity contribution in [3.63, 3.8) is 0 Å². The minimum Gasteiger partial charge on any atom is -0.466 e. The van der Waals surface area contributed by atoms with E-state index >= 15 is 0 Å². The van der Waals surface area contributed by atoms with E-state index in [1.807, 2.05) is 0 Å². The highest BCUT2D eigenvalue weighted by Crippen LogP contribution is 2.40. The van der Waals surface area contributed by atoms with Gasteiger partial charge in [-0.25, -0.2) is 9.59 Å². The Morgan fingerprint density at radius 2 is 1.87 bits per heavy atom. The number of anilines is 1. The van der Waals surface area contributed by atoms with Crippen molar-refractivity contribution in [2.45, 2.75) is 45.6 Å². The third-order valence-corrected chi connectivity index (χ3v) is 5.35. The zero-order valence-corrected chi connectivity index (χ0v) is 18.2. The maximum atomic E-state index is 13.2. The number of amides is 1. The second-order valence-electron chi connectivity index (χ2n) is 7.67. The molecule has 166 valence electrons. The first-order valence-corrected chi connectivity index (χ1v) is 10.2. The largest absolute Gasteiger partial charge is 0.466 e. The number of dihydropyridines is 1. The first-order valence-electron chi connectivity index (χ1n) is 10.2. The standard InChI is InChI=1S/C23H28N2O6/c1-13-19(22(27)29-4)21(16-7-5-8-17(11-16)25-15(3)26)20(14(2)24-13)23(28)31-12-18-9-6-10-30-18/h5,7-8,11,18,21,24H,6,9-10,12H2,1-4H3,(H,25,26). The molecule has 0 saturated carbocycles. The molecule has 0 radical (unpaired) electrons. The summed E-state index contributed by atoms with van der Waals surface area (Å²) in [4.78, 5) is 37.3. The molecule has 2 unspecified atom stereocenters. The van der Waals surface area contributed by atoms with E-state index in [1.165, 1.54) is 14.0 Å². The summed E-state index contributed by atoms with van der Waals surface area (Å²) in [6.45, 7) is 5.77. The van der Waals surface area contributed by atoms with E-state index in [0.717, 1.165) is 12.8 Å². The molecule has 0 aliphatic carbocycles. The van der Waals surface area contributed by atoms with Gasteiger partial charge in [0.15, 0.2) is 0 Å². The van der Waals surface area contributed by atoms with Gasteiger partial charge in [-0.3, -0.25) is 4.79 Å². The van der Waals surface area contributed by atoms with Gasteiger partial charge in [0, 0.05) is 30.6 Å². The molecule has 3 rings (SSSR count). The Labute approximate surface area is 181 Å². The molecule has 2 aliphatic rings. The predicted molar refractivity (Wildman–Crippen MR) is 114 cm³/mol. The van der Waals surface area contributed by atoms with E-state index in [2.05, 4.69) is 10.6 Å². The Morgan fingerprint density at radius 3 is 2.48 bits per heavy atom. The number of benzene rings is 1. The highest BCUT2D eigenvalue weighted by molar-refractivity contribution is 6.00. The molecule has 8 heteroatoms. The molecule has 1 amide bonds. The summed E-state index contributed by atoms with van der Waals surface area (Å²) in [6, 6.07) is 7.05. The molecule has 0 aromatic heterocycles. The zero-order chi connectivity index (χ0) is 22.5. The Morgan fingerprint density at radius 1 is 1.16 bits per heavy atom. The number of hydrogen-bond donors (Lipinski definition) is 2. The predicted octanol–water partition coefficient (Wildman–Crippen LogP) is 2.78. The van der Waals surface area contributed by atoms with E-state index < -0.39 is 17.9 Å². The Hall–Kier alpha value is -3.13. The van der Waals surface area contributed by atoms with Gasteiger partial charge in [0.2, 0.25) is 5.91 Å². The normalized spacial score (nSPS) is 20.9. The highest BCUT2D eigenvalue weighted by atomic mass is 16.6. The van der Waals surface area contributed by atoms with Crippen molar-refractivity contribution in [1.82, 2.24) is 5.32 Å².